The molecule has 0 aliphatic heterocycles. The van der Waals surface area contributed by atoms with Crippen LogP contribution in [0.15, 0.2) is 18.2 Å². The molecule has 0 aromatic heterocycles. The average molecular weight is 318 g/mol. The van der Waals surface area contributed by atoms with Crippen molar-refractivity contribution in [2.24, 2.45) is 5.41 Å². The molecular formula is C14H17Cl2NO3. The van der Waals surface area contributed by atoms with Crippen LogP contribution in [0.4, 0.5) is 5.69 Å². The third-order valence-corrected chi connectivity index (χ3v) is 4.25. The van der Waals surface area contributed by atoms with Gasteiger partial charge in [-0.1, -0.05) is 37.0 Å². The summed E-state index contributed by atoms with van der Waals surface area (Å²) in [7, 11) is 0. The van der Waals surface area contributed by atoms with Gasteiger partial charge in [0.1, 0.15) is 0 Å². The third kappa shape index (κ3) is 3.87. The summed E-state index contributed by atoms with van der Waals surface area (Å²) in [5.41, 5.74) is -0.531. The standard InChI is InChI=1S/C14H17Cl2NO3/c1-3-14(4-2,13(19)20)8-12(18)17-9-5-6-10(15)11(16)7-9/h5-7H,3-4,8H2,1-2H3,(H,17,18)(H,19,20). The maximum Gasteiger partial charge on any atom is 0.310 e. The Balaban J connectivity index is 2.80. The van der Waals surface area contributed by atoms with E-state index in [1.54, 1.807) is 26.0 Å². The molecule has 0 aliphatic carbocycles. The van der Waals surface area contributed by atoms with Crippen molar-refractivity contribution in [2.45, 2.75) is 33.1 Å². The summed E-state index contributed by atoms with van der Waals surface area (Å²) < 4.78 is 0. The Morgan fingerprint density at radius 2 is 1.80 bits per heavy atom. The Morgan fingerprint density at radius 1 is 1.20 bits per heavy atom. The number of anilines is 1. The topological polar surface area (TPSA) is 66.4 Å². The first-order valence-corrected chi connectivity index (χ1v) is 7.08. The van der Waals surface area contributed by atoms with E-state index in [0.717, 1.165) is 0 Å². The van der Waals surface area contributed by atoms with Crippen LogP contribution in [0.5, 0.6) is 0 Å². The zero-order chi connectivity index (χ0) is 15.3. The maximum atomic E-state index is 12.0. The number of carboxylic acid groups (broad SMARTS) is 1. The van der Waals surface area contributed by atoms with E-state index in [4.69, 9.17) is 23.2 Å². The molecule has 1 rings (SSSR count). The molecule has 0 heterocycles. The van der Waals surface area contributed by atoms with Gasteiger partial charge in [0.15, 0.2) is 0 Å². The second-order valence-electron chi connectivity index (χ2n) is 4.65. The Morgan fingerprint density at radius 3 is 2.25 bits per heavy atom. The van der Waals surface area contributed by atoms with Crippen molar-refractivity contribution in [3.63, 3.8) is 0 Å². The van der Waals surface area contributed by atoms with Crippen LogP contribution in [0.1, 0.15) is 33.1 Å². The summed E-state index contributed by atoms with van der Waals surface area (Å²) in [4.78, 5) is 23.3. The quantitative estimate of drug-likeness (QED) is 0.825. The van der Waals surface area contributed by atoms with Gasteiger partial charge >= 0.3 is 5.97 Å². The Hall–Kier alpha value is -1.26. The molecule has 20 heavy (non-hydrogen) atoms. The van der Waals surface area contributed by atoms with Crippen LogP contribution in [-0.4, -0.2) is 17.0 Å². The normalized spacial score (nSPS) is 11.2. The molecule has 0 spiro atoms. The van der Waals surface area contributed by atoms with Gasteiger partial charge in [-0.05, 0) is 31.0 Å². The van der Waals surface area contributed by atoms with Gasteiger partial charge < -0.3 is 10.4 Å². The minimum absolute atomic E-state index is 0.0738. The van der Waals surface area contributed by atoms with Gasteiger partial charge in [-0.15, -0.1) is 0 Å². The molecule has 0 aliphatic rings. The van der Waals surface area contributed by atoms with Crippen molar-refractivity contribution >= 4 is 40.8 Å². The number of hydrogen-bond acceptors (Lipinski definition) is 2. The molecule has 0 fully saturated rings. The number of halogens is 2. The summed E-state index contributed by atoms with van der Waals surface area (Å²) in [6.07, 6.45) is 0.719. The van der Waals surface area contributed by atoms with Crippen molar-refractivity contribution in [2.75, 3.05) is 5.32 Å². The van der Waals surface area contributed by atoms with Crippen molar-refractivity contribution in [1.29, 1.82) is 0 Å². The number of nitrogens with one attached hydrogen (secondary N) is 1. The van der Waals surface area contributed by atoms with Gasteiger partial charge in [0.2, 0.25) is 5.91 Å². The van der Waals surface area contributed by atoms with Crippen LogP contribution >= 0.6 is 23.2 Å². The Bertz CT molecular complexity index is 513. The highest BCUT2D eigenvalue weighted by molar-refractivity contribution is 6.42. The zero-order valence-electron chi connectivity index (χ0n) is 11.4. The first kappa shape index (κ1) is 16.8. The fraction of sp³-hybridized carbons (Fsp3) is 0.429. The van der Waals surface area contributed by atoms with Gasteiger partial charge in [-0.2, -0.15) is 0 Å². The molecule has 0 saturated carbocycles. The second-order valence-corrected chi connectivity index (χ2v) is 5.46. The fourth-order valence-corrected chi connectivity index (χ4v) is 2.26. The number of carboxylic acids is 1. The first-order chi connectivity index (χ1) is 9.34. The van der Waals surface area contributed by atoms with E-state index in [2.05, 4.69) is 5.32 Å². The molecule has 6 heteroatoms. The summed E-state index contributed by atoms with van der Waals surface area (Å²) >= 11 is 11.6. The van der Waals surface area contributed by atoms with E-state index < -0.39 is 11.4 Å². The molecule has 1 amide bonds. The highest BCUT2D eigenvalue weighted by Gasteiger charge is 2.37. The van der Waals surface area contributed by atoms with Crippen LogP contribution in [0.3, 0.4) is 0 Å². The van der Waals surface area contributed by atoms with Crippen LogP contribution in [-0.2, 0) is 9.59 Å². The van der Waals surface area contributed by atoms with E-state index >= 15 is 0 Å². The minimum atomic E-state index is -1.03. The van der Waals surface area contributed by atoms with Crippen molar-refractivity contribution in [1.82, 2.24) is 0 Å². The number of carbonyl (C=O) groups is 2. The van der Waals surface area contributed by atoms with Gasteiger partial charge in [-0.25, -0.2) is 0 Å². The maximum absolute atomic E-state index is 12.0. The zero-order valence-corrected chi connectivity index (χ0v) is 12.9. The summed E-state index contributed by atoms with van der Waals surface area (Å²) in [5, 5.41) is 12.7. The molecule has 0 unspecified atom stereocenters. The molecule has 0 radical (unpaired) electrons. The van der Waals surface area contributed by atoms with Crippen LogP contribution in [0.25, 0.3) is 0 Å². The molecule has 0 saturated heterocycles. The van der Waals surface area contributed by atoms with Crippen LogP contribution in [0.2, 0.25) is 10.0 Å². The van der Waals surface area contributed by atoms with E-state index in [0.29, 0.717) is 28.6 Å². The van der Waals surface area contributed by atoms with Gasteiger partial charge in [0.05, 0.1) is 15.5 Å². The SMILES string of the molecule is CCC(CC)(CC(=O)Nc1ccc(Cl)c(Cl)c1)C(=O)O. The predicted molar refractivity (Wildman–Crippen MR) is 80.4 cm³/mol. The molecule has 0 atom stereocenters. The first-order valence-electron chi connectivity index (χ1n) is 6.33. The predicted octanol–water partition coefficient (Wildman–Crippen LogP) is 4.21. The Labute approximate surface area is 128 Å². The number of benzene rings is 1. The minimum Gasteiger partial charge on any atom is -0.481 e. The van der Waals surface area contributed by atoms with Crippen LogP contribution in [0, 0.1) is 5.41 Å². The molecule has 2 N–H and O–H groups in total. The monoisotopic (exact) mass is 317 g/mol. The van der Waals surface area contributed by atoms with E-state index in [1.165, 1.54) is 6.07 Å². The summed E-state index contributed by atoms with van der Waals surface area (Å²) in [6.45, 7) is 3.54. The number of aliphatic carboxylic acids is 1. The number of hydrogen-bond donors (Lipinski definition) is 2. The lowest BCUT2D eigenvalue weighted by atomic mass is 9.79. The highest BCUT2D eigenvalue weighted by Crippen LogP contribution is 2.32. The van der Waals surface area contributed by atoms with Gasteiger partial charge in [-0.3, -0.25) is 9.59 Å². The van der Waals surface area contributed by atoms with Crippen molar-refractivity contribution in [3.05, 3.63) is 28.2 Å². The molecular weight excluding hydrogens is 301 g/mol. The summed E-state index contributed by atoms with van der Waals surface area (Å²) in [5.74, 6) is -1.30. The molecule has 110 valence electrons. The van der Waals surface area contributed by atoms with Crippen molar-refractivity contribution in [3.8, 4) is 0 Å². The Kier molecular flexibility index (Phi) is 5.84. The molecule has 1 aromatic carbocycles. The lowest BCUT2D eigenvalue weighted by Gasteiger charge is -2.25. The van der Waals surface area contributed by atoms with E-state index in [9.17, 15) is 14.7 Å². The van der Waals surface area contributed by atoms with E-state index in [1.807, 2.05) is 0 Å². The van der Waals surface area contributed by atoms with Crippen molar-refractivity contribution < 1.29 is 14.7 Å². The molecule has 1 aromatic rings. The largest absolute Gasteiger partial charge is 0.481 e. The second kappa shape index (κ2) is 6.95. The van der Waals surface area contributed by atoms with E-state index in [-0.39, 0.29) is 12.3 Å². The molecule has 4 nitrogen and oxygen atoms in total. The molecule has 0 bridgehead atoms. The number of carbonyl (C=O) groups excluding carboxylic acids is 1. The lowest BCUT2D eigenvalue weighted by molar-refractivity contribution is -0.151. The van der Waals surface area contributed by atoms with Gasteiger partial charge in [0, 0.05) is 12.1 Å². The van der Waals surface area contributed by atoms with Crippen LogP contribution < -0.4 is 5.32 Å². The smallest absolute Gasteiger partial charge is 0.310 e. The highest BCUT2D eigenvalue weighted by atomic mass is 35.5. The van der Waals surface area contributed by atoms with Gasteiger partial charge in [0.25, 0.3) is 0 Å². The summed E-state index contributed by atoms with van der Waals surface area (Å²) in [6, 6.07) is 4.72. The average Bonchev–Trinajstić information content (AvgIpc) is 2.40. The fourth-order valence-electron chi connectivity index (χ4n) is 1.96. The number of rotatable bonds is 6. The lowest BCUT2D eigenvalue weighted by Crippen LogP contribution is -2.34. The number of amides is 1. The third-order valence-electron chi connectivity index (χ3n) is 3.51.